The number of nitrogens with zero attached hydrogens (tertiary/aromatic N) is 3. The molecule has 0 spiro atoms. The summed E-state index contributed by atoms with van der Waals surface area (Å²) in [7, 11) is 0. The minimum atomic E-state index is -0.830. The van der Waals surface area contributed by atoms with Crippen molar-refractivity contribution in [1.29, 1.82) is 0 Å². The Morgan fingerprint density at radius 1 is 1.50 bits per heavy atom. The smallest absolute Gasteiger partial charge is 0.303 e. The lowest BCUT2D eigenvalue weighted by Crippen LogP contribution is -1.97. The zero-order valence-corrected chi connectivity index (χ0v) is 11.4. The number of carbonyl (C=O) groups is 1. The van der Waals surface area contributed by atoms with Crippen molar-refractivity contribution in [3.8, 4) is 5.69 Å². The summed E-state index contributed by atoms with van der Waals surface area (Å²) in [5.41, 5.74) is 2.69. The lowest BCUT2D eigenvalue weighted by molar-refractivity contribution is -0.136. The summed E-state index contributed by atoms with van der Waals surface area (Å²) in [4.78, 5) is 10.5. The highest BCUT2D eigenvalue weighted by molar-refractivity contribution is 9.10. The Bertz CT molecular complexity index is 580. The van der Waals surface area contributed by atoms with Gasteiger partial charge in [-0.2, -0.15) is 0 Å². The number of aliphatic carboxylic acids is 1. The number of carboxylic acids is 1. The largest absolute Gasteiger partial charge is 0.481 e. The van der Waals surface area contributed by atoms with E-state index in [9.17, 15) is 4.79 Å². The SMILES string of the molecule is Cc1cc(-n2cc(CCC(=O)O)nn2)ccc1Br. The van der Waals surface area contributed by atoms with E-state index in [1.54, 1.807) is 10.9 Å². The number of hydrogen-bond acceptors (Lipinski definition) is 3. The number of benzene rings is 1. The van der Waals surface area contributed by atoms with E-state index in [0.29, 0.717) is 12.1 Å². The summed E-state index contributed by atoms with van der Waals surface area (Å²) < 4.78 is 2.69. The first-order chi connectivity index (χ1) is 8.56. The molecule has 0 bridgehead atoms. The lowest BCUT2D eigenvalue weighted by atomic mass is 10.2. The highest BCUT2D eigenvalue weighted by atomic mass is 79.9. The number of rotatable bonds is 4. The number of halogens is 1. The van der Waals surface area contributed by atoms with Crippen LogP contribution in [-0.2, 0) is 11.2 Å². The van der Waals surface area contributed by atoms with Gasteiger partial charge < -0.3 is 5.11 Å². The molecule has 0 aliphatic rings. The molecule has 0 saturated heterocycles. The first kappa shape index (κ1) is 12.8. The van der Waals surface area contributed by atoms with Gasteiger partial charge in [-0.25, -0.2) is 4.68 Å². The van der Waals surface area contributed by atoms with E-state index in [1.807, 2.05) is 25.1 Å². The number of carboxylic acid groups (broad SMARTS) is 1. The second-order valence-electron chi connectivity index (χ2n) is 3.98. The topological polar surface area (TPSA) is 68.0 Å². The van der Waals surface area contributed by atoms with Crippen LogP contribution in [0.1, 0.15) is 17.7 Å². The molecule has 0 fully saturated rings. The van der Waals surface area contributed by atoms with Gasteiger partial charge in [0.05, 0.1) is 24.0 Å². The Morgan fingerprint density at radius 2 is 2.28 bits per heavy atom. The van der Waals surface area contributed by atoms with Gasteiger partial charge >= 0.3 is 5.97 Å². The highest BCUT2D eigenvalue weighted by Gasteiger charge is 2.06. The molecule has 1 aromatic heterocycles. The zero-order chi connectivity index (χ0) is 13.1. The van der Waals surface area contributed by atoms with E-state index in [-0.39, 0.29) is 6.42 Å². The Kier molecular flexibility index (Phi) is 3.76. The third-order valence-corrected chi connectivity index (χ3v) is 3.43. The van der Waals surface area contributed by atoms with Crippen molar-refractivity contribution in [2.45, 2.75) is 19.8 Å². The Labute approximate surface area is 113 Å². The molecule has 0 saturated carbocycles. The van der Waals surface area contributed by atoms with Crippen molar-refractivity contribution in [3.05, 3.63) is 40.1 Å². The molecule has 0 radical (unpaired) electrons. The van der Waals surface area contributed by atoms with Crippen LogP contribution in [0.4, 0.5) is 0 Å². The van der Waals surface area contributed by atoms with Crippen LogP contribution < -0.4 is 0 Å². The van der Waals surface area contributed by atoms with Gasteiger partial charge in [0.1, 0.15) is 0 Å². The Morgan fingerprint density at radius 3 is 2.94 bits per heavy atom. The molecule has 6 heteroatoms. The summed E-state index contributed by atoms with van der Waals surface area (Å²) in [6.07, 6.45) is 2.22. The van der Waals surface area contributed by atoms with E-state index < -0.39 is 5.97 Å². The second kappa shape index (κ2) is 5.30. The fourth-order valence-electron chi connectivity index (χ4n) is 1.55. The summed E-state index contributed by atoms with van der Waals surface area (Å²) in [6.45, 7) is 2.00. The molecule has 94 valence electrons. The maximum Gasteiger partial charge on any atom is 0.303 e. The molecular formula is C12H12BrN3O2. The predicted molar refractivity (Wildman–Crippen MR) is 69.8 cm³/mol. The number of aromatic nitrogens is 3. The van der Waals surface area contributed by atoms with E-state index in [4.69, 9.17) is 5.11 Å². The van der Waals surface area contributed by atoms with Gasteiger partial charge in [0, 0.05) is 10.9 Å². The van der Waals surface area contributed by atoms with E-state index in [0.717, 1.165) is 15.7 Å². The summed E-state index contributed by atoms with van der Waals surface area (Å²) in [5, 5.41) is 16.6. The predicted octanol–water partition coefficient (Wildman–Crippen LogP) is 2.36. The number of hydrogen-bond donors (Lipinski definition) is 1. The van der Waals surface area contributed by atoms with Gasteiger partial charge in [-0.15, -0.1) is 5.10 Å². The Balaban J connectivity index is 2.18. The maximum absolute atomic E-state index is 10.5. The van der Waals surface area contributed by atoms with Crippen LogP contribution in [0.15, 0.2) is 28.9 Å². The van der Waals surface area contributed by atoms with Crippen LogP contribution in [0.2, 0.25) is 0 Å². The molecule has 2 rings (SSSR count). The average molecular weight is 310 g/mol. The Hall–Kier alpha value is -1.69. The molecule has 0 atom stereocenters. The van der Waals surface area contributed by atoms with Crippen molar-refractivity contribution in [2.24, 2.45) is 0 Å². The molecule has 5 nitrogen and oxygen atoms in total. The lowest BCUT2D eigenvalue weighted by Gasteiger charge is -2.02. The molecule has 0 aliphatic heterocycles. The quantitative estimate of drug-likeness (QED) is 0.941. The molecule has 2 aromatic rings. The minimum absolute atomic E-state index is 0.0675. The van der Waals surface area contributed by atoms with Crippen molar-refractivity contribution in [3.63, 3.8) is 0 Å². The molecule has 1 aromatic carbocycles. The van der Waals surface area contributed by atoms with Crippen LogP contribution in [0.5, 0.6) is 0 Å². The van der Waals surface area contributed by atoms with Gasteiger partial charge in [-0.1, -0.05) is 21.1 Å². The molecule has 18 heavy (non-hydrogen) atoms. The summed E-state index contributed by atoms with van der Waals surface area (Å²) in [6, 6.07) is 5.86. The van der Waals surface area contributed by atoms with Crippen LogP contribution in [-0.4, -0.2) is 26.1 Å². The van der Waals surface area contributed by atoms with E-state index in [1.165, 1.54) is 0 Å². The van der Waals surface area contributed by atoms with Gasteiger partial charge in [0.25, 0.3) is 0 Å². The molecule has 0 unspecified atom stereocenters. The van der Waals surface area contributed by atoms with Crippen LogP contribution in [0.3, 0.4) is 0 Å². The van der Waals surface area contributed by atoms with Gasteiger partial charge in [0.2, 0.25) is 0 Å². The fraction of sp³-hybridized carbons (Fsp3) is 0.250. The van der Waals surface area contributed by atoms with Crippen molar-refractivity contribution < 1.29 is 9.90 Å². The van der Waals surface area contributed by atoms with Gasteiger partial charge in [0.15, 0.2) is 0 Å². The minimum Gasteiger partial charge on any atom is -0.481 e. The third kappa shape index (κ3) is 2.95. The summed E-state index contributed by atoms with van der Waals surface area (Å²) >= 11 is 3.44. The maximum atomic E-state index is 10.5. The standard InChI is InChI=1S/C12H12BrN3O2/c1-8-6-10(3-4-11(8)13)16-7-9(14-15-16)2-5-12(17)18/h3-4,6-7H,2,5H2,1H3,(H,17,18). The third-order valence-electron chi connectivity index (χ3n) is 2.54. The monoisotopic (exact) mass is 309 g/mol. The van der Waals surface area contributed by atoms with Crippen LogP contribution in [0.25, 0.3) is 5.69 Å². The normalized spacial score (nSPS) is 10.6. The average Bonchev–Trinajstić information content (AvgIpc) is 2.79. The van der Waals surface area contributed by atoms with Gasteiger partial charge in [-0.3, -0.25) is 4.79 Å². The van der Waals surface area contributed by atoms with Crippen LogP contribution in [0, 0.1) is 6.92 Å². The zero-order valence-electron chi connectivity index (χ0n) is 9.80. The van der Waals surface area contributed by atoms with Crippen LogP contribution >= 0.6 is 15.9 Å². The van der Waals surface area contributed by atoms with Crippen molar-refractivity contribution in [1.82, 2.24) is 15.0 Å². The second-order valence-corrected chi connectivity index (χ2v) is 4.84. The van der Waals surface area contributed by atoms with Crippen molar-refractivity contribution in [2.75, 3.05) is 0 Å². The van der Waals surface area contributed by atoms with Crippen molar-refractivity contribution >= 4 is 21.9 Å². The van der Waals surface area contributed by atoms with E-state index >= 15 is 0 Å². The molecular weight excluding hydrogens is 298 g/mol. The summed E-state index contributed by atoms with van der Waals surface area (Å²) in [5.74, 6) is -0.830. The molecule has 0 aliphatic carbocycles. The number of aryl methyl sites for hydroxylation is 2. The fourth-order valence-corrected chi connectivity index (χ4v) is 1.79. The molecule has 0 amide bonds. The van der Waals surface area contributed by atoms with E-state index in [2.05, 4.69) is 26.2 Å². The highest BCUT2D eigenvalue weighted by Crippen LogP contribution is 2.19. The first-order valence-electron chi connectivity index (χ1n) is 5.46. The molecule has 1 N–H and O–H groups in total. The van der Waals surface area contributed by atoms with Gasteiger partial charge in [-0.05, 0) is 30.7 Å². The first-order valence-corrected chi connectivity index (χ1v) is 6.25. The molecule has 1 heterocycles.